The molecule has 0 saturated heterocycles. The predicted molar refractivity (Wildman–Crippen MR) is 52.1 cm³/mol. The van der Waals surface area contributed by atoms with E-state index >= 15 is 0 Å². The van der Waals surface area contributed by atoms with Gasteiger partial charge in [0.05, 0.1) is 21.1 Å². The molecule has 0 spiro atoms. The van der Waals surface area contributed by atoms with Gasteiger partial charge in [0.15, 0.2) is 0 Å². The van der Waals surface area contributed by atoms with Crippen molar-refractivity contribution in [2.45, 2.75) is 0 Å². The van der Waals surface area contributed by atoms with Gasteiger partial charge in [-0.05, 0) is 0 Å². The number of rotatable bonds is 4. The molecule has 0 aliphatic rings. The van der Waals surface area contributed by atoms with Crippen molar-refractivity contribution in [3.63, 3.8) is 0 Å². The van der Waals surface area contributed by atoms with Crippen LogP contribution in [-0.2, 0) is 16.3 Å². The van der Waals surface area contributed by atoms with Crippen LogP contribution in [0, 0.1) is 0 Å². The molecule has 0 aromatic heterocycles. The van der Waals surface area contributed by atoms with Crippen LogP contribution in [0.15, 0.2) is 0 Å². The molecule has 0 fully saturated rings. The number of hydrogen-bond acceptors (Lipinski definition) is 3. The second kappa shape index (κ2) is 4.21. The van der Waals surface area contributed by atoms with Crippen LogP contribution in [0.5, 0.6) is 0 Å². The van der Waals surface area contributed by atoms with E-state index < -0.39 is 5.69 Å². The molecule has 1 unspecified atom stereocenters. The third-order valence-electron chi connectivity index (χ3n) is 1.02. The first-order valence-electron chi connectivity index (χ1n) is 3.19. The van der Waals surface area contributed by atoms with Gasteiger partial charge in [-0.1, -0.05) is 11.8 Å². The Morgan fingerprint density at radius 3 is 2.27 bits per heavy atom. The fourth-order valence-electron chi connectivity index (χ4n) is 0.430. The monoisotopic (exact) mass is 215 g/mol. The van der Waals surface area contributed by atoms with Gasteiger partial charge in [0, 0.05) is 5.69 Å². The summed E-state index contributed by atoms with van der Waals surface area (Å²) in [6.45, 7) is 1.18. The molecule has 0 aromatic rings. The summed E-state index contributed by atoms with van der Waals surface area (Å²) >= 11 is 8.09. The zero-order valence-corrected chi connectivity index (χ0v) is 9.59. The molecule has 6 heteroatoms. The van der Waals surface area contributed by atoms with Crippen molar-refractivity contribution in [3.05, 3.63) is 0 Å². The van der Waals surface area contributed by atoms with Crippen molar-refractivity contribution < 1.29 is 13.9 Å². The molecule has 11 heavy (non-hydrogen) atoms. The number of quaternary nitrogens is 1. The molecule has 0 saturated carbocycles. The van der Waals surface area contributed by atoms with Crippen molar-refractivity contribution in [3.8, 4) is 0 Å². The highest BCUT2D eigenvalue weighted by Crippen LogP contribution is 2.41. The average Bonchev–Trinajstić information content (AvgIpc) is 1.55. The molecular formula is C5H14NO2PS2. The molecule has 0 bridgehead atoms. The van der Waals surface area contributed by atoms with Crippen LogP contribution in [0.3, 0.4) is 0 Å². The minimum absolute atomic E-state index is 0.397. The van der Waals surface area contributed by atoms with E-state index in [1.807, 2.05) is 21.1 Å². The van der Waals surface area contributed by atoms with Gasteiger partial charge in [-0.2, -0.15) is 0 Å². The Balaban J connectivity index is 3.52. The quantitative estimate of drug-likeness (QED) is 0.414. The topological polar surface area (TPSA) is 32.3 Å². The van der Waals surface area contributed by atoms with E-state index in [4.69, 9.17) is 4.52 Å². The maximum Gasteiger partial charge on any atom is 0.102 e. The van der Waals surface area contributed by atoms with E-state index in [0.717, 1.165) is 11.0 Å². The van der Waals surface area contributed by atoms with Gasteiger partial charge >= 0.3 is 0 Å². The van der Waals surface area contributed by atoms with Crippen LogP contribution in [0.25, 0.3) is 0 Å². The maximum absolute atomic E-state index is 10.8. The number of hydrogen-bond donors (Lipinski definition) is 1. The van der Waals surface area contributed by atoms with Gasteiger partial charge in [-0.25, -0.2) is 0 Å². The summed E-state index contributed by atoms with van der Waals surface area (Å²) in [5.74, 6) is 0. The molecule has 0 aromatic carbocycles. The van der Waals surface area contributed by atoms with Crippen molar-refractivity contribution in [2.75, 3.05) is 34.3 Å². The minimum atomic E-state index is -2.98. The van der Waals surface area contributed by atoms with Crippen molar-refractivity contribution in [1.82, 2.24) is 0 Å². The second-order valence-corrected chi connectivity index (χ2v) is 8.34. The first-order chi connectivity index (χ1) is 4.71. The second-order valence-electron chi connectivity index (χ2n) is 3.32. The van der Waals surface area contributed by atoms with Gasteiger partial charge in [-0.15, -0.1) is 12.2 Å². The zero-order valence-electron chi connectivity index (χ0n) is 6.98. The number of thiol groups is 1. The van der Waals surface area contributed by atoms with E-state index in [2.05, 4.69) is 24.1 Å². The van der Waals surface area contributed by atoms with E-state index in [1.165, 1.54) is 0 Å². The molecule has 0 amide bonds. The van der Waals surface area contributed by atoms with Crippen molar-refractivity contribution in [2.24, 2.45) is 0 Å². The van der Waals surface area contributed by atoms with Crippen LogP contribution >= 0.6 is 17.9 Å². The smallest absolute Gasteiger partial charge is 0.102 e. The Labute approximate surface area is 78.3 Å². The Bertz CT molecular complexity index is 162. The highest BCUT2D eigenvalue weighted by Gasteiger charge is 2.06. The van der Waals surface area contributed by atoms with Gasteiger partial charge in [0.2, 0.25) is 0 Å². The highest BCUT2D eigenvalue weighted by atomic mass is 32.9. The molecule has 3 nitrogen and oxygen atoms in total. The Kier molecular flexibility index (Phi) is 4.55. The van der Waals surface area contributed by atoms with E-state index in [1.54, 1.807) is 0 Å². The third-order valence-corrected chi connectivity index (χ3v) is 2.19. The fourth-order valence-corrected chi connectivity index (χ4v) is 1.21. The lowest BCUT2D eigenvalue weighted by molar-refractivity contribution is -0.870. The normalized spacial score (nSPS) is 17.9. The van der Waals surface area contributed by atoms with Crippen LogP contribution in [0.2, 0.25) is 0 Å². The van der Waals surface area contributed by atoms with Gasteiger partial charge in [0.25, 0.3) is 0 Å². The van der Waals surface area contributed by atoms with E-state index in [9.17, 15) is 4.89 Å². The molecule has 68 valence electrons. The lowest BCUT2D eigenvalue weighted by atomic mass is 10.5. The summed E-state index contributed by atoms with van der Waals surface area (Å²) in [5, 5.41) is 0. The molecule has 1 atom stereocenters. The summed E-state index contributed by atoms with van der Waals surface area (Å²) in [6, 6.07) is 0. The SMILES string of the molecule is C[N+](C)(C)CCOP([O-])(=S)S. The van der Waals surface area contributed by atoms with Crippen LogP contribution in [-0.4, -0.2) is 38.8 Å². The number of likely N-dealkylation sites (N-methyl/N-ethyl adjacent to an activating group) is 1. The largest absolute Gasteiger partial charge is 0.793 e. The standard InChI is InChI=1S/C5H14NO2PS2/c1-6(2,3)4-5-8-9(7,10)11/h4-5H2,1-3H3,(H-,7,10,11). The van der Waals surface area contributed by atoms with Gasteiger partial charge in [-0.3, -0.25) is 0 Å². The van der Waals surface area contributed by atoms with Crippen LogP contribution in [0.1, 0.15) is 0 Å². The fraction of sp³-hybridized carbons (Fsp3) is 1.00. The van der Waals surface area contributed by atoms with Gasteiger partial charge in [0.1, 0.15) is 13.2 Å². The molecule has 0 heterocycles. The molecule has 0 N–H and O–H groups in total. The number of nitrogens with zero attached hydrogens (tertiary/aromatic N) is 1. The van der Waals surface area contributed by atoms with Crippen molar-refractivity contribution >= 4 is 29.7 Å². The summed E-state index contributed by atoms with van der Waals surface area (Å²) in [7, 11) is 6.07. The molecule has 0 rings (SSSR count). The predicted octanol–water partition coefficient (Wildman–Crippen LogP) is 0.224. The highest BCUT2D eigenvalue weighted by molar-refractivity contribution is 8.59. The molecule has 0 aliphatic carbocycles. The Morgan fingerprint density at radius 2 is 2.00 bits per heavy atom. The summed E-state index contributed by atoms with van der Waals surface area (Å²) in [6.07, 6.45) is 0. The van der Waals surface area contributed by atoms with Gasteiger partial charge < -0.3 is 13.9 Å². The van der Waals surface area contributed by atoms with Crippen LogP contribution in [0.4, 0.5) is 0 Å². The molecular weight excluding hydrogens is 201 g/mol. The first-order valence-corrected chi connectivity index (χ1v) is 6.99. The summed E-state index contributed by atoms with van der Waals surface area (Å²) in [5.41, 5.74) is -2.98. The van der Waals surface area contributed by atoms with E-state index in [-0.39, 0.29) is 0 Å². The first kappa shape index (κ1) is 11.9. The summed E-state index contributed by atoms with van der Waals surface area (Å²) < 4.78 is 5.59. The van der Waals surface area contributed by atoms with Crippen LogP contribution < -0.4 is 4.89 Å². The molecule has 0 aliphatic heterocycles. The Morgan fingerprint density at radius 1 is 1.55 bits per heavy atom. The average molecular weight is 215 g/mol. The summed E-state index contributed by atoms with van der Waals surface area (Å²) in [4.78, 5) is 10.8. The lowest BCUT2D eigenvalue weighted by Crippen LogP contribution is -2.37. The van der Waals surface area contributed by atoms with Crippen molar-refractivity contribution in [1.29, 1.82) is 0 Å². The Hall–Kier alpha value is 0.880. The third kappa shape index (κ3) is 10.9. The maximum atomic E-state index is 10.8. The zero-order chi connectivity index (χ0) is 9.12. The lowest BCUT2D eigenvalue weighted by Gasteiger charge is -2.27. The van der Waals surface area contributed by atoms with E-state index in [0.29, 0.717) is 6.61 Å². The molecule has 0 radical (unpaired) electrons. The minimum Gasteiger partial charge on any atom is -0.793 e.